The quantitative estimate of drug-likeness (QED) is 0.439. The molecule has 1 aromatic rings. The molecule has 0 spiro atoms. The minimum atomic E-state index is 0.104. The Bertz CT molecular complexity index is 330. The van der Waals surface area contributed by atoms with Crippen molar-refractivity contribution in [2.45, 2.75) is 26.9 Å². The molecule has 0 aliphatic heterocycles. The molecule has 88 valence electrons. The van der Waals surface area contributed by atoms with E-state index in [1.165, 1.54) is 0 Å². The third-order valence-corrected chi connectivity index (χ3v) is 2.37. The van der Waals surface area contributed by atoms with Crippen LogP contribution in [0, 0.1) is 11.3 Å². The highest BCUT2D eigenvalue weighted by Crippen LogP contribution is 2.06. The molecular formula is C13H20N2O. The predicted molar refractivity (Wildman–Crippen MR) is 66.6 cm³/mol. The Morgan fingerprint density at radius 3 is 2.44 bits per heavy atom. The second-order valence-corrected chi connectivity index (χ2v) is 4.35. The summed E-state index contributed by atoms with van der Waals surface area (Å²) in [6.45, 7) is 5.80. The van der Waals surface area contributed by atoms with Crippen LogP contribution in [-0.4, -0.2) is 12.4 Å². The highest BCUT2D eigenvalue weighted by Gasteiger charge is 1.98. The van der Waals surface area contributed by atoms with Crippen molar-refractivity contribution in [3.8, 4) is 0 Å². The summed E-state index contributed by atoms with van der Waals surface area (Å²) in [5.41, 5.74) is 7.25. The van der Waals surface area contributed by atoms with Crippen molar-refractivity contribution in [2.24, 2.45) is 11.7 Å². The van der Waals surface area contributed by atoms with Gasteiger partial charge in [0.15, 0.2) is 0 Å². The van der Waals surface area contributed by atoms with E-state index in [-0.39, 0.29) is 5.84 Å². The van der Waals surface area contributed by atoms with Gasteiger partial charge in [0, 0.05) is 12.2 Å². The lowest BCUT2D eigenvalue weighted by atomic mass is 10.1. The van der Waals surface area contributed by atoms with E-state index in [0.717, 1.165) is 24.2 Å². The first-order chi connectivity index (χ1) is 7.59. The Hall–Kier alpha value is -1.35. The lowest BCUT2D eigenvalue weighted by Crippen LogP contribution is -2.10. The van der Waals surface area contributed by atoms with Crippen LogP contribution >= 0.6 is 0 Å². The van der Waals surface area contributed by atoms with Gasteiger partial charge in [-0.25, -0.2) is 0 Å². The van der Waals surface area contributed by atoms with Crippen LogP contribution in [0.5, 0.6) is 0 Å². The number of nitrogens with one attached hydrogen (secondary N) is 1. The maximum atomic E-state index is 7.27. The van der Waals surface area contributed by atoms with E-state index in [4.69, 9.17) is 15.9 Å². The van der Waals surface area contributed by atoms with Gasteiger partial charge in [-0.15, -0.1) is 0 Å². The summed E-state index contributed by atoms with van der Waals surface area (Å²) >= 11 is 0. The van der Waals surface area contributed by atoms with Gasteiger partial charge in [0.25, 0.3) is 0 Å². The summed E-state index contributed by atoms with van der Waals surface area (Å²) in [5.74, 6) is 0.785. The number of hydrogen-bond donors (Lipinski definition) is 2. The molecule has 1 aromatic carbocycles. The smallest absolute Gasteiger partial charge is 0.122 e. The Kier molecular flexibility index (Phi) is 4.99. The minimum absolute atomic E-state index is 0.104. The topological polar surface area (TPSA) is 59.1 Å². The fourth-order valence-corrected chi connectivity index (χ4v) is 1.29. The molecule has 0 saturated heterocycles. The van der Waals surface area contributed by atoms with Gasteiger partial charge >= 0.3 is 0 Å². The molecule has 1 rings (SSSR count). The third kappa shape index (κ3) is 4.45. The van der Waals surface area contributed by atoms with Gasteiger partial charge in [0.1, 0.15) is 5.84 Å². The van der Waals surface area contributed by atoms with E-state index in [9.17, 15) is 0 Å². The van der Waals surface area contributed by atoms with Gasteiger partial charge in [-0.05, 0) is 17.9 Å². The van der Waals surface area contributed by atoms with Crippen LogP contribution in [0.3, 0.4) is 0 Å². The summed E-state index contributed by atoms with van der Waals surface area (Å²) in [6, 6.07) is 7.60. The number of nitrogen functional groups attached to an aromatic ring is 1. The zero-order chi connectivity index (χ0) is 12.0. The average molecular weight is 220 g/mol. The number of nitrogens with two attached hydrogens (primary N) is 1. The normalized spacial score (nSPS) is 10.7. The third-order valence-electron chi connectivity index (χ3n) is 2.37. The Morgan fingerprint density at radius 1 is 1.31 bits per heavy atom. The maximum Gasteiger partial charge on any atom is 0.122 e. The Balaban J connectivity index is 2.35. The first kappa shape index (κ1) is 12.7. The highest BCUT2D eigenvalue weighted by molar-refractivity contribution is 5.94. The summed E-state index contributed by atoms with van der Waals surface area (Å²) in [4.78, 5) is 0. The molecule has 16 heavy (non-hydrogen) atoms. The molecule has 3 nitrogen and oxygen atoms in total. The highest BCUT2D eigenvalue weighted by atomic mass is 16.5. The van der Waals surface area contributed by atoms with Crippen LogP contribution in [0.2, 0.25) is 0 Å². The largest absolute Gasteiger partial charge is 0.384 e. The van der Waals surface area contributed by atoms with Crippen molar-refractivity contribution < 1.29 is 4.74 Å². The number of ether oxygens (including phenoxy) is 1. The maximum absolute atomic E-state index is 7.27. The van der Waals surface area contributed by atoms with E-state index < -0.39 is 0 Å². The van der Waals surface area contributed by atoms with Crippen LogP contribution in [0.25, 0.3) is 0 Å². The summed E-state index contributed by atoms with van der Waals surface area (Å²) in [6.07, 6.45) is 1.09. The van der Waals surface area contributed by atoms with E-state index in [1.54, 1.807) is 0 Å². The fourth-order valence-electron chi connectivity index (χ4n) is 1.29. The van der Waals surface area contributed by atoms with Gasteiger partial charge in [-0.1, -0.05) is 38.1 Å². The minimum Gasteiger partial charge on any atom is -0.384 e. The van der Waals surface area contributed by atoms with Gasteiger partial charge < -0.3 is 10.5 Å². The molecule has 0 saturated carbocycles. The molecule has 3 heteroatoms. The first-order valence-electron chi connectivity index (χ1n) is 5.60. The van der Waals surface area contributed by atoms with Gasteiger partial charge in [-0.2, -0.15) is 0 Å². The molecule has 0 unspecified atom stereocenters. The molecule has 3 N–H and O–H groups in total. The van der Waals surface area contributed by atoms with E-state index in [2.05, 4.69) is 13.8 Å². The van der Waals surface area contributed by atoms with Gasteiger partial charge in [0.2, 0.25) is 0 Å². The first-order valence-corrected chi connectivity index (χ1v) is 5.60. The number of hydrogen-bond acceptors (Lipinski definition) is 2. The number of benzene rings is 1. The molecule has 0 bridgehead atoms. The van der Waals surface area contributed by atoms with E-state index in [0.29, 0.717) is 12.5 Å². The van der Waals surface area contributed by atoms with Crippen molar-refractivity contribution in [3.05, 3.63) is 35.4 Å². The standard InChI is InChI=1S/C13H20N2O/c1-10(2)7-8-16-9-11-3-5-12(6-4-11)13(14)15/h3-6,10H,7-9H2,1-2H3,(H3,14,15). The summed E-state index contributed by atoms with van der Waals surface area (Å²) in [5, 5.41) is 7.27. The van der Waals surface area contributed by atoms with Crippen molar-refractivity contribution in [1.82, 2.24) is 0 Å². The molecule has 0 aliphatic carbocycles. The Labute approximate surface area is 97.1 Å². The summed E-state index contributed by atoms with van der Waals surface area (Å²) in [7, 11) is 0. The van der Waals surface area contributed by atoms with Crippen molar-refractivity contribution in [3.63, 3.8) is 0 Å². The molecule has 0 radical (unpaired) electrons. The van der Waals surface area contributed by atoms with E-state index in [1.807, 2.05) is 24.3 Å². The average Bonchev–Trinajstić information content (AvgIpc) is 2.25. The molecule has 0 aliphatic rings. The van der Waals surface area contributed by atoms with Gasteiger partial charge in [-0.3, -0.25) is 5.41 Å². The van der Waals surface area contributed by atoms with Crippen LogP contribution in [0.15, 0.2) is 24.3 Å². The molecule has 0 fully saturated rings. The van der Waals surface area contributed by atoms with Crippen molar-refractivity contribution in [2.75, 3.05) is 6.61 Å². The Morgan fingerprint density at radius 2 is 1.94 bits per heavy atom. The number of rotatable bonds is 6. The molecule has 0 atom stereocenters. The molecule has 0 amide bonds. The SMILES string of the molecule is CC(C)CCOCc1ccc(C(=N)N)cc1. The van der Waals surface area contributed by atoms with Crippen molar-refractivity contribution in [1.29, 1.82) is 5.41 Å². The zero-order valence-electron chi connectivity index (χ0n) is 9.99. The van der Waals surface area contributed by atoms with Gasteiger partial charge in [0.05, 0.1) is 6.61 Å². The predicted octanol–water partition coefficient (Wildman–Crippen LogP) is 2.53. The second kappa shape index (κ2) is 6.28. The van der Waals surface area contributed by atoms with Crippen LogP contribution < -0.4 is 5.73 Å². The lowest BCUT2D eigenvalue weighted by Gasteiger charge is -2.07. The molecule has 0 aromatic heterocycles. The summed E-state index contributed by atoms with van der Waals surface area (Å²) < 4.78 is 5.55. The monoisotopic (exact) mass is 220 g/mol. The molecular weight excluding hydrogens is 200 g/mol. The fraction of sp³-hybridized carbons (Fsp3) is 0.462. The van der Waals surface area contributed by atoms with Crippen LogP contribution in [-0.2, 0) is 11.3 Å². The van der Waals surface area contributed by atoms with Crippen molar-refractivity contribution >= 4 is 5.84 Å². The van der Waals surface area contributed by atoms with E-state index >= 15 is 0 Å². The number of amidine groups is 1. The molecule has 0 heterocycles. The second-order valence-electron chi connectivity index (χ2n) is 4.35. The van der Waals surface area contributed by atoms with Crippen LogP contribution in [0.1, 0.15) is 31.4 Å². The zero-order valence-corrected chi connectivity index (χ0v) is 9.99. The van der Waals surface area contributed by atoms with Crippen LogP contribution in [0.4, 0.5) is 0 Å². The lowest BCUT2D eigenvalue weighted by molar-refractivity contribution is 0.110.